The lowest BCUT2D eigenvalue weighted by Crippen LogP contribution is -2.39. The second kappa shape index (κ2) is 49.7. The summed E-state index contributed by atoms with van der Waals surface area (Å²) in [5.41, 5.74) is 0. The Morgan fingerprint density at radius 2 is 0.761 bits per heavy atom. The van der Waals surface area contributed by atoms with Gasteiger partial charge in [-0.05, 0) is 116 Å². The molecule has 0 heterocycles. The van der Waals surface area contributed by atoms with Crippen molar-refractivity contribution in [1.82, 2.24) is 9.80 Å². The number of nitrogens with zero attached hydrogens (tertiary/aromatic N) is 2. The smallest absolute Gasteiger partial charge is 0.305 e. The lowest BCUT2D eigenvalue weighted by molar-refractivity contribution is -0.150. The number of rotatable bonds is 50. The molecule has 0 aromatic rings. The average Bonchev–Trinajstić information content (AvgIpc) is 3.31. The van der Waals surface area contributed by atoms with Crippen molar-refractivity contribution >= 4 is 23.8 Å². The molecule has 0 fully saturated rings. The number of esters is 3. The third kappa shape index (κ3) is 45.5. The highest BCUT2D eigenvalue weighted by molar-refractivity contribution is 5.76. The van der Waals surface area contributed by atoms with Crippen LogP contribution in [-0.2, 0) is 33.4 Å². The van der Waals surface area contributed by atoms with Crippen LogP contribution in [0.4, 0.5) is 0 Å². The zero-order valence-electron chi connectivity index (χ0n) is 44.9. The van der Waals surface area contributed by atoms with E-state index in [0.717, 1.165) is 90.0 Å². The predicted molar refractivity (Wildman–Crippen MR) is 282 cm³/mol. The maximum atomic E-state index is 13.7. The monoisotopic (exact) mass is 945 g/mol. The first-order chi connectivity index (χ1) is 32.7. The van der Waals surface area contributed by atoms with Crippen LogP contribution < -0.4 is 0 Å². The number of hydrogen-bond donors (Lipinski definition) is 0. The topological polar surface area (TPSA) is 102 Å². The summed E-state index contributed by atoms with van der Waals surface area (Å²) in [6.07, 6.45) is 46.0. The highest BCUT2D eigenvalue weighted by Gasteiger charge is 2.22. The van der Waals surface area contributed by atoms with Crippen molar-refractivity contribution in [3.8, 4) is 0 Å². The van der Waals surface area contributed by atoms with E-state index in [0.29, 0.717) is 64.1 Å². The summed E-state index contributed by atoms with van der Waals surface area (Å²) in [5.74, 6) is -0.385. The van der Waals surface area contributed by atoms with Gasteiger partial charge in [0.1, 0.15) is 0 Å². The van der Waals surface area contributed by atoms with Crippen molar-refractivity contribution in [3.05, 3.63) is 24.3 Å². The molecule has 2 atom stereocenters. The summed E-state index contributed by atoms with van der Waals surface area (Å²) >= 11 is 0. The SMILES string of the molecule is CCCCC/C=C\CCC(=O)N(CCCCN(C)C)CC(COC(=O)CCCCCCC/C=C\CCCCCCCC)COC(=O)CCCCCCC(=O)OCC(CCCC)CCCCCC. The minimum atomic E-state index is -0.312. The highest BCUT2D eigenvalue weighted by Crippen LogP contribution is 2.19. The lowest BCUT2D eigenvalue weighted by atomic mass is 9.96. The van der Waals surface area contributed by atoms with E-state index in [1.54, 1.807) is 0 Å². The fourth-order valence-corrected chi connectivity index (χ4v) is 8.37. The van der Waals surface area contributed by atoms with Crippen LogP contribution in [0.2, 0.25) is 0 Å². The number of carbonyl (C=O) groups excluding carboxylic acids is 4. The number of ether oxygens (including phenoxy) is 3. The van der Waals surface area contributed by atoms with Crippen molar-refractivity contribution in [2.45, 2.75) is 259 Å². The second-order valence-corrected chi connectivity index (χ2v) is 19.9. The molecule has 0 aliphatic carbocycles. The molecule has 392 valence electrons. The third-order valence-corrected chi connectivity index (χ3v) is 12.8. The first kappa shape index (κ1) is 64.3. The Labute approximate surface area is 414 Å². The molecule has 0 saturated carbocycles. The van der Waals surface area contributed by atoms with Gasteiger partial charge in [-0.1, -0.05) is 168 Å². The van der Waals surface area contributed by atoms with Crippen LogP contribution in [0, 0.1) is 11.8 Å². The van der Waals surface area contributed by atoms with Crippen LogP contribution >= 0.6 is 0 Å². The van der Waals surface area contributed by atoms with Gasteiger partial charge in [-0.2, -0.15) is 0 Å². The quantitative estimate of drug-likeness (QED) is 0.0257. The van der Waals surface area contributed by atoms with Crippen LogP contribution in [-0.4, -0.2) is 87.2 Å². The van der Waals surface area contributed by atoms with Gasteiger partial charge < -0.3 is 24.0 Å². The first-order valence-corrected chi connectivity index (χ1v) is 28.4. The van der Waals surface area contributed by atoms with Gasteiger partial charge in [0.25, 0.3) is 0 Å². The fraction of sp³-hybridized carbons (Fsp3) is 0.862. The van der Waals surface area contributed by atoms with Gasteiger partial charge >= 0.3 is 17.9 Å². The molecule has 0 bridgehead atoms. The fourth-order valence-electron chi connectivity index (χ4n) is 8.37. The molecular formula is C58H108N2O7. The van der Waals surface area contributed by atoms with Crippen LogP contribution in [0.15, 0.2) is 24.3 Å². The molecule has 0 spiro atoms. The second-order valence-electron chi connectivity index (χ2n) is 19.9. The number of unbranched alkanes of at least 4 members (excludes halogenated alkanes) is 22. The summed E-state index contributed by atoms with van der Waals surface area (Å²) in [6, 6.07) is 0. The van der Waals surface area contributed by atoms with Crippen molar-refractivity contribution in [3.63, 3.8) is 0 Å². The van der Waals surface area contributed by atoms with Crippen molar-refractivity contribution in [1.29, 1.82) is 0 Å². The van der Waals surface area contributed by atoms with E-state index in [1.165, 1.54) is 109 Å². The van der Waals surface area contributed by atoms with E-state index < -0.39 is 0 Å². The van der Waals surface area contributed by atoms with E-state index in [-0.39, 0.29) is 42.9 Å². The van der Waals surface area contributed by atoms with E-state index in [2.05, 4.69) is 71.0 Å². The average molecular weight is 946 g/mol. The zero-order chi connectivity index (χ0) is 49.3. The molecule has 0 aliphatic heterocycles. The number of allylic oxidation sites excluding steroid dienone is 4. The molecular weight excluding hydrogens is 837 g/mol. The number of carbonyl (C=O) groups is 4. The Kier molecular flexibility index (Phi) is 47.7. The number of amides is 1. The molecule has 1 amide bonds. The molecule has 0 N–H and O–H groups in total. The summed E-state index contributed by atoms with van der Waals surface area (Å²) in [5, 5.41) is 0. The molecule has 0 rings (SSSR count). The van der Waals surface area contributed by atoms with Crippen LogP contribution in [0.25, 0.3) is 0 Å². The van der Waals surface area contributed by atoms with Gasteiger partial charge in [0.2, 0.25) is 5.91 Å². The summed E-state index contributed by atoms with van der Waals surface area (Å²) in [7, 11) is 4.12. The normalized spacial score (nSPS) is 12.6. The predicted octanol–water partition coefficient (Wildman–Crippen LogP) is 15.5. The van der Waals surface area contributed by atoms with Crippen LogP contribution in [0.3, 0.4) is 0 Å². The molecule has 9 nitrogen and oxygen atoms in total. The Bertz CT molecular complexity index is 1200. The van der Waals surface area contributed by atoms with Gasteiger partial charge in [-0.25, -0.2) is 0 Å². The Hall–Kier alpha value is -2.68. The molecule has 9 heteroatoms. The minimum absolute atomic E-state index is 0.0848. The molecule has 0 aliphatic rings. The first-order valence-electron chi connectivity index (χ1n) is 28.4. The Morgan fingerprint density at radius 1 is 0.388 bits per heavy atom. The van der Waals surface area contributed by atoms with Crippen molar-refractivity contribution in [2.75, 3.05) is 53.6 Å². The van der Waals surface area contributed by atoms with E-state index >= 15 is 0 Å². The zero-order valence-corrected chi connectivity index (χ0v) is 44.9. The van der Waals surface area contributed by atoms with Crippen molar-refractivity contribution < 1.29 is 33.4 Å². The molecule has 0 radical (unpaired) electrons. The standard InChI is InChI=1S/C58H108N2O7/c1-7-11-15-18-20-21-22-23-24-25-26-27-29-31-36-44-57(63)66-51-54(49-60(48-40-39-47-59(5)6)55(61)43-35-30-28-19-16-12-8-2)52-67-58(64)46-38-33-32-37-45-56(62)65-50-53(41-14-10-4)42-34-17-13-9-3/h23-24,28,30,53-54H,7-22,25-27,29,31-52H2,1-6H3/b24-23-,30-28-. The number of hydrogen-bond acceptors (Lipinski definition) is 8. The third-order valence-electron chi connectivity index (χ3n) is 12.8. The molecule has 0 saturated heterocycles. The van der Waals surface area contributed by atoms with Gasteiger partial charge in [-0.15, -0.1) is 0 Å². The maximum Gasteiger partial charge on any atom is 0.305 e. The summed E-state index contributed by atoms with van der Waals surface area (Å²) < 4.78 is 17.3. The van der Waals surface area contributed by atoms with Gasteiger partial charge in [-0.3, -0.25) is 19.2 Å². The van der Waals surface area contributed by atoms with E-state index in [9.17, 15) is 19.2 Å². The maximum absolute atomic E-state index is 13.7. The summed E-state index contributed by atoms with van der Waals surface area (Å²) in [4.78, 5) is 56.2. The molecule has 67 heavy (non-hydrogen) atoms. The summed E-state index contributed by atoms with van der Waals surface area (Å²) in [6.45, 7) is 11.6. The van der Waals surface area contributed by atoms with Crippen LogP contribution in [0.1, 0.15) is 259 Å². The van der Waals surface area contributed by atoms with Gasteiger partial charge in [0.15, 0.2) is 0 Å². The molecule has 0 aromatic carbocycles. The van der Waals surface area contributed by atoms with Crippen LogP contribution in [0.5, 0.6) is 0 Å². The molecule has 2 unspecified atom stereocenters. The molecule has 0 aromatic heterocycles. The van der Waals surface area contributed by atoms with E-state index in [4.69, 9.17) is 14.2 Å². The highest BCUT2D eigenvalue weighted by atomic mass is 16.5. The largest absolute Gasteiger partial charge is 0.465 e. The minimum Gasteiger partial charge on any atom is -0.465 e. The van der Waals surface area contributed by atoms with E-state index in [1.807, 2.05) is 4.90 Å². The Balaban J connectivity index is 5.08. The van der Waals surface area contributed by atoms with Gasteiger partial charge in [0.05, 0.1) is 19.8 Å². The van der Waals surface area contributed by atoms with Crippen molar-refractivity contribution in [2.24, 2.45) is 11.8 Å². The Morgan fingerprint density at radius 3 is 1.25 bits per heavy atom. The van der Waals surface area contributed by atoms with Gasteiger partial charge in [0, 0.05) is 44.7 Å². The lowest BCUT2D eigenvalue weighted by Gasteiger charge is -2.28.